The molecule has 2 aliphatic rings. The number of nitrogens with zero attached hydrogens (tertiary/aromatic N) is 1. The smallest absolute Gasteiger partial charge is 0.230 e. The van der Waals surface area contributed by atoms with Gasteiger partial charge in [0.2, 0.25) is 5.91 Å². The Kier molecular flexibility index (Phi) is 3.76. The van der Waals surface area contributed by atoms with Crippen LogP contribution in [0.5, 0.6) is 0 Å². The quantitative estimate of drug-likeness (QED) is 0.811. The Morgan fingerprint density at radius 3 is 2.59 bits per heavy atom. The molecule has 98 valence electrons. The van der Waals surface area contributed by atoms with Gasteiger partial charge in [0.15, 0.2) is 0 Å². The van der Waals surface area contributed by atoms with Crippen LogP contribution in [0.3, 0.4) is 0 Å². The Morgan fingerprint density at radius 2 is 2.18 bits per heavy atom. The molecule has 1 saturated heterocycles. The van der Waals surface area contributed by atoms with Crippen LogP contribution in [0, 0.1) is 17.3 Å². The molecule has 0 bridgehead atoms. The summed E-state index contributed by atoms with van der Waals surface area (Å²) in [6, 6.07) is 0. The highest BCUT2D eigenvalue weighted by Crippen LogP contribution is 2.37. The molecule has 1 atom stereocenters. The van der Waals surface area contributed by atoms with Crippen LogP contribution < -0.4 is 5.32 Å². The SMILES string of the molecule is CC(C)C1(C(=O)N(C)CC2CCC2)CCNC1. The Labute approximate surface area is 105 Å². The van der Waals surface area contributed by atoms with Crippen molar-refractivity contribution in [2.24, 2.45) is 17.3 Å². The first kappa shape index (κ1) is 12.9. The van der Waals surface area contributed by atoms with Crippen molar-refractivity contribution in [2.45, 2.75) is 39.5 Å². The van der Waals surface area contributed by atoms with Gasteiger partial charge in [0, 0.05) is 20.1 Å². The standard InChI is InChI=1S/C14H26N2O/c1-11(2)14(7-8-15-10-14)13(17)16(3)9-12-5-4-6-12/h11-12,15H,4-10H2,1-3H3. The first-order chi connectivity index (χ1) is 8.06. The van der Waals surface area contributed by atoms with Crippen LogP contribution in [0.1, 0.15) is 39.5 Å². The van der Waals surface area contributed by atoms with Crippen molar-refractivity contribution < 1.29 is 4.79 Å². The van der Waals surface area contributed by atoms with Gasteiger partial charge < -0.3 is 10.2 Å². The molecule has 1 aliphatic carbocycles. The number of hydrogen-bond donors (Lipinski definition) is 1. The maximum Gasteiger partial charge on any atom is 0.230 e. The van der Waals surface area contributed by atoms with Gasteiger partial charge in [-0.05, 0) is 37.6 Å². The summed E-state index contributed by atoms with van der Waals surface area (Å²) in [6.07, 6.45) is 4.97. The van der Waals surface area contributed by atoms with Crippen LogP contribution in [0.4, 0.5) is 0 Å². The fourth-order valence-corrected chi connectivity index (χ4v) is 3.16. The summed E-state index contributed by atoms with van der Waals surface area (Å²) >= 11 is 0. The predicted molar refractivity (Wildman–Crippen MR) is 69.7 cm³/mol. The third kappa shape index (κ3) is 2.35. The Balaban J connectivity index is 2.00. The maximum atomic E-state index is 12.7. The molecule has 0 aromatic carbocycles. The second-order valence-electron chi connectivity index (χ2n) is 6.22. The first-order valence-corrected chi connectivity index (χ1v) is 7.02. The van der Waals surface area contributed by atoms with Gasteiger partial charge in [0.1, 0.15) is 0 Å². The van der Waals surface area contributed by atoms with E-state index in [1.807, 2.05) is 11.9 Å². The van der Waals surface area contributed by atoms with E-state index in [2.05, 4.69) is 19.2 Å². The van der Waals surface area contributed by atoms with Crippen molar-refractivity contribution in [1.29, 1.82) is 0 Å². The fraction of sp³-hybridized carbons (Fsp3) is 0.929. The molecule has 1 N–H and O–H groups in total. The molecule has 2 fully saturated rings. The molecule has 1 amide bonds. The van der Waals surface area contributed by atoms with E-state index in [1.54, 1.807) is 0 Å². The fourth-order valence-electron chi connectivity index (χ4n) is 3.16. The highest BCUT2D eigenvalue weighted by molar-refractivity contribution is 5.83. The van der Waals surface area contributed by atoms with E-state index < -0.39 is 0 Å². The highest BCUT2D eigenvalue weighted by atomic mass is 16.2. The Morgan fingerprint density at radius 1 is 1.47 bits per heavy atom. The van der Waals surface area contributed by atoms with Crippen LogP contribution in [0.15, 0.2) is 0 Å². The van der Waals surface area contributed by atoms with Gasteiger partial charge in [-0.25, -0.2) is 0 Å². The van der Waals surface area contributed by atoms with E-state index in [1.165, 1.54) is 19.3 Å². The average molecular weight is 238 g/mol. The van der Waals surface area contributed by atoms with Gasteiger partial charge >= 0.3 is 0 Å². The highest BCUT2D eigenvalue weighted by Gasteiger charge is 2.45. The molecule has 17 heavy (non-hydrogen) atoms. The molecule has 2 rings (SSSR count). The van der Waals surface area contributed by atoms with E-state index >= 15 is 0 Å². The number of hydrogen-bond acceptors (Lipinski definition) is 2. The van der Waals surface area contributed by atoms with Gasteiger partial charge in [-0.15, -0.1) is 0 Å². The summed E-state index contributed by atoms with van der Waals surface area (Å²) in [5.41, 5.74) is -0.140. The summed E-state index contributed by atoms with van der Waals surface area (Å²) in [7, 11) is 1.99. The van der Waals surface area contributed by atoms with Crippen LogP contribution in [-0.2, 0) is 4.79 Å². The number of nitrogens with one attached hydrogen (secondary N) is 1. The summed E-state index contributed by atoms with van der Waals surface area (Å²) < 4.78 is 0. The molecule has 1 saturated carbocycles. The minimum atomic E-state index is -0.140. The second-order valence-corrected chi connectivity index (χ2v) is 6.22. The van der Waals surface area contributed by atoms with Crippen molar-refractivity contribution in [2.75, 3.05) is 26.7 Å². The zero-order valence-corrected chi connectivity index (χ0v) is 11.5. The molecule has 1 heterocycles. The first-order valence-electron chi connectivity index (χ1n) is 7.02. The lowest BCUT2D eigenvalue weighted by Gasteiger charge is -2.38. The average Bonchev–Trinajstić information content (AvgIpc) is 2.72. The van der Waals surface area contributed by atoms with E-state index in [0.29, 0.717) is 11.8 Å². The lowest BCUT2D eigenvalue weighted by Crippen LogP contribution is -2.48. The largest absolute Gasteiger partial charge is 0.345 e. The Hall–Kier alpha value is -0.570. The maximum absolute atomic E-state index is 12.7. The molecule has 0 aromatic rings. The lowest BCUT2D eigenvalue weighted by atomic mass is 9.75. The number of carbonyl (C=O) groups is 1. The van der Waals surface area contributed by atoms with Crippen LogP contribution >= 0.6 is 0 Å². The third-order valence-electron chi connectivity index (χ3n) is 4.82. The van der Waals surface area contributed by atoms with Crippen molar-refractivity contribution in [3.05, 3.63) is 0 Å². The molecular formula is C14H26N2O. The van der Waals surface area contributed by atoms with E-state index in [0.717, 1.165) is 32.0 Å². The molecular weight excluding hydrogens is 212 g/mol. The number of rotatable bonds is 4. The van der Waals surface area contributed by atoms with Gasteiger partial charge in [-0.1, -0.05) is 20.3 Å². The number of carbonyl (C=O) groups excluding carboxylic acids is 1. The monoisotopic (exact) mass is 238 g/mol. The molecule has 3 heteroatoms. The van der Waals surface area contributed by atoms with Gasteiger partial charge in [-0.3, -0.25) is 4.79 Å². The van der Waals surface area contributed by atoms with Gasteiger partial charge in [0.05, 0.1) is 5.41 Å². The van der Waals surface area contributed by atoms with E-state index in [9.17, 15) is 4.79 Å². The van der Waals surface area contributed by atoms with Crippen molar-refractivity contribution in [3.63, 3.8) is 0 Å². The molecule has 1 unspecified atom stereocenters. The zero-order valence-electron chi connectivity index (χ0n) is 11.5. The summed E-state index contributed by atoms with van der Waals surface area (Å²) in [4.78, 5) is 14.7. The topological polar surface area (TPSA) is 32.3 Å². The Bertz CT molecular complexity index is 278. The lowest BCUT2D eigenvalue weighted by molar-refractivity contribution is -0.143. The van der Waals surface area contributed by atoms with E-state index in [-0.39, 0.29) is 5.41 Å². The number of amides is 1. The third-order valence-corrected chi connectivity index (χ3v) is 4.82. The predicted octanol–water partition coefficient (Wildman–Crippen LogP) is 1.88. The summed E-state index contributed by atoms with van der Waals surface area (Å²) in [6.45, 7) is 7.18. The van der Waals surface area contributed by atoms with Crippen LogP contribution in [0.2, 0.25) is 0 Å². The van der Waals surface area contributed by atoms with E-state index in [4.69, 9.17) is 0 Å². The van der Waals surface area contributed by atoms with Gasteiger partial charge in [-0.2, -0.15) is 0 Å². The normalized spacial score (nSPS) is 29.4. The molecule has 0 radical (unpaired) electrons. The molecule has 3 nitrogen and oxygen atoms in total. The molecule has 0 spiro atoms. The van der Waals surface area contributed by atoms with Gasteiger partial charge in [0.25, 0.3) is 0 Å². The van der Waals surface area contributed by atoms with Crippen LogP contribution in [0.25, 0.3) is 0 Å². The van der Waals surface area contributed by atoms with Crippen LogP contribution in [-0.4, -0.2) is 37.5 Å². The zero-order chi connectivity index (χ0) is 12.5. The summed E-state index contributed by atoms with van der Waals surface area (Å²) in [5, 5.41) is 3.36. The van der Waals surface area contributed by atoms with Crippen molar-refractivity contribution >= 4 is 5.91 Å². The minimum Gasteiger partial charge on any atom is -0.345 e. The second kappa shape index (κ2) is 4.97. The summed E-state index contributed by atoms with van der Waals surface area (Å²) in [5.74, 6) is 1.56. The minimum absolute atomic E-state index is 0.140. The molecule has 1 aliphatic heterocycles. The van der Waals surface area contributed by atoms with Crippen molar-refractivity contribution in [1.82, 2.24) is 10.2 Å². The molecule has 0 aromatic heterocycles. The van der Waals surface area contributed by atoms with Crippen molar-refractivity contribution in [3.8, 4) is 0 Å².